The summed E-state index contributed by atoms with van der Waals surface area (Å²) in [6.45, 7) is 2.08. The largest absolute Gasteiger partial charge is 0.497 e. The van der Waals surface area contributed by atoms with E-state index in [9.17, 15) is 4.79 Å². The first-order valence-electron chi connectivity index (χ1n) is 10.9. The maximum absolute atomic E-state index is 13.2. The van der Waals surface area contributed by atoms with Gasteiger partial charge in [-0.1, -0.05) is 24.3 Å². The number of aromatic nitrogens is 1. The van der Waals surface area contributed by atoms with Crippen molar-refractivity contribution in [2.24, 2.45) is 0 Å². The number of benzene rings is 2. The number of H-pyrrole nitrogens is 1. The lowest BCUT2D eigenvalue weighted by atomic mass is 10.0. The predicted molar refractivity (Wildman–Crippen MR) is 119 cm³/mol. The van der Waals surface area contributed by atoms with E-state index in [4.69, 9.17) is 4.74 Å². The van der Waals surface area contributed by atoms with E-state index in [1.54, 1.807) is 7.11 Å². The van der Waals surface area contributed by atoms with E-state index in [2.05, 4.69) is 34.1 Å². The number of hydrogen-bond acceptors (Lipinski definition) is 3. The highest BCUT2D eigenvalue weighted by Gasteiger charge is 2.33. The molecular formula is C25H29N3O2. The zero-order valence-electron chi connectivity index (χ0n) is 17.7. The van der Waals surface area contributed by atoms with Crippen LogP contribution in [0.5, 0.6) is 5.75 Å². The Morgan fingerprint density at radius 3 is 2.63 bits per heavy atom. The van der Waals surface area contributed by atoms with E-state index in [0.29, 0.717) is 11.7 Å². The van der Waals surface area contributed by atoms with Crippen LogP contribution >= 0.6 is 0 Å². The summed E-state index contributed by atoms with van der Waals surface area (Å²) in [4.78, 5) is 21.0. The fourth-order valence-corrected chi connectivity index (χ4v) is 5.13. The molecule has 0 spiro atoms. The van der Waals surface area contributed by atoms with Crippen molar-refractivity contribution in [3.05, 3.63) is 65.4 Å². The lowest BCUT2D eigenvalue weighted by molar-refractivity contribution is 0.0551. The number of aromatic amines is 1. The number of nitrogens with one attached hydrogen (secondary N) is 1. The Hall–Kier alpha value is -2.79. The lowest BCUT2D eigenvalue weighted by Crippen LogP contribution is -2.51. The third-order valence-corrected chi connectivity index (χ3v) is 6.90. The van der Waals surface area contributed by atoms with Gasteiger partial charge in [-0.3, -0.25) is 9.69 Å². The van der Waals surface area contributed by atoms with Crippen molar-refractivity contribution in [1.82, 2.24) is 14.8 Å². The van der Waals surface area contributed by atoms with Gasteiger partial charge in [0.2, 0.25) is 0 Å². The maximum atomic E-state index is 13.2. The second-order valence-electron chi connectivity index (χ2n) is 8.67. The Morgan fingerprint density at radius 1 is 1.13 bits per heavy atom. The van der Waals surface area contributed by atoms with Gasteiger partial charge in [0, 0.05) is 36.6 Å². The molecule has 1 aromatic heterocycles. The van der Waals surface area contributed by atoms with Crippen molar-refractivity contribution in [3.63, 3.8) is 0 Å². The van der Waals surface area contributed by atoms with Gasteiger partial charge in [-0.15, -0.1) is 0 Å². The summed E-state index contributed by atoms with van der Waals surface area (Å²) >= 11 is 0. The molecule has 30 heavy (non-hydrogen) atoms. The van der Waals surface area contributed by atoms with E-state index >= 15 is 0 Å². The minimum atomic E-state index is 0.0618. The Balaban J connectivity index is 1.29. The van der Waals surface area contributed by atoms with Gasteiger partial charge in [-0.25, -0.2) is 0 Å². The van der Waals surface area contributed by atoms with Crippen LogP contribution in [0.3, 0.4) is 0 Å². The van der Waals surface area contributed by atoms with Crippen molar-refractivity contribution in [2.75, 3.05) is 27.2 Å². The molecular weight excluding hydrogens is 374 g/mol. The molecule has 5 rings (SSSR count). The van der Waals surface area contributed by atoms with Gasteiger partial charge in [0.1, 0.15) is 11.4 Å². The topological polar surface area (TPSA) is 48.6 Å². The number of methoxy groups -OCH3 is 1. The number of rotatable bonds is 4. The Kier molecular flexibility index (Phi) is 4.99. The number of piperidine rings is 1. The smallest absolute Gasteiger partial charge is 0.270 e. The molecule has 3 aromatic rings. The Bertz CT molecular complexity index is 1050. The normalized spacial score (nSPS) is 19.7. The molecule has 1 N–H and O–H groups in total. The monoisotopic (exact) mass is 403 g/mol. The van der Waals surface area contributed by atoms with E-state index < -0.39 is 0 Å². The zero-order valence-corrected chi connectivity index (χ0v) is 17.7. The van der Waals surface area contributed by atoms with Crippen LogP contribution in [0.15, 0.2) is 48.5 Å². The molecule has 2 aromatic carbocycles. The highest BCUT2D eigenvalue weighted by molar-refractivity contribution is 5.98. The van der Waals surface area contributed by atoms with Crippen LogP contribution < -0.4 is 4.74 Å². The molecule has 1 aliphatic heterocycles. The van der Waals surface area contributed by atoms with E-state index in [-0.39, 0.29) is 11.9 Å². The minimum Gasteiger partial charge on any atom is -0.497 e. The fourth-order valence-electron chi connectivity index (χ4n) is 5.13. The molecule has 0 saturated carbocycles. The van der Waals surface area contributed by atoms with Crippen molar-refractivity contribution < 1.29 is 9.53 Å². The SMILES string of the molecule is COc1ccc2[nH]c(C(=O)N(C)C3CCCN(C4Cc5ccccc5C4)C3)cc2c1. The van der Waals surface area contributed by atoms with E-state index in [0.717, 1.165) is 55.4 Å². The van der Waals surface area contributed by atoms with Crippen LogP contribution in [0.4, 0.5) is 0 Å². The number of nitrogens with zero attached hydrogens (tertiary/aromatic N) is 2. The molecule has 1 atom stereocenters. The third-order valence-electron chi connectivity index (χ3n) is 6.90. The lowest BCUT2D eigenvalue weighted by Gasteiger charge is -2.40. The molecule has 156 valence electrons. The number of amides is 1. The Morgan fingerprint density at radius 2 is 1.90 bits per heavy atom. The summed E-state index contributed by atoms with van der Waals surface area (Å²) in [5.41, 5.74) is 4.58. The van der Waals surface area contributed by atoms with Gasteiger partial charge in [0.25, 0.3) is 5.91 Å². The number of fused-ring (bicyclic) bond motifs is 2. The summed E-state index contributed by atoms with van der Waals surface area (Å²) in [5.74, 6) is 0.862. The molecule has 1 aliphatic carbocycles. The number of hydrogen-bond donors (Lipinski definition) is 1. The second-order valence-corrected chi connectivity index (χ2v) is 8.67. The molecule has 1 amide bonds. The van der Waals surface area contributed by atoms with Gasteiger partial charge in [0.15, 0.2) is 0 Å². The highest BCUT2D eigenvalue weighted by Crippen LogP contribution is 2.29. The van der Waals surface area contributed by atoms with Crippen LogP contribution in [0, 0.1) is 0 Å². The number of carbonyl (C=O) groups is 1. The van der Waals surface area contributed by atoms with Crippen molar-refractivity contribution in [1.29, 1.82) is 0 Å². The van der Waals surface area contributed by atoms with Crippen molar-refractivity contribution in [3.8, 4) is 5.75 Å². The van der Waals surface area contributed by atoms with E-state index in [1.165, 1.54) is 11.1 Å². The maximum Gasteiger partial charge on any atom is 0.270 e. The highest BCUT2D eigenvalue weighted by atomic mass is 16.5. The molecule has 2 aliphatic rings. The molecule has 1 fully saturated rings. The molecule has 5 heteroatoms. The summed E-state index contributed by atoms with van der Waals surface area (Å²) in [6, 6.07) is 17.4. The first-order valence-corrected chi connectivity index (χ1v) is 10.9. The van der Waals surface area contributed by atoms with Crippen LogP contribution in [0.25, 0.3) is 10.9 Å². The summed E-state index contributed by atoms with van der Waals surface area (Å²) in [5, 5.41) is 1.00. The second kappa shape index (κ2) is 7.80. The third kappa shape index (κ3) is 3.47. The first-order chi connectivity index (χ1) is 14.6. The summed E-state index contributed by atoms with van der Waals surface area (Å²) < 4.78 is 5.30. The zero-order chi connectivity index (χ0) is 20.7. The molecule has 0 bridgehead atoms. The predicted octanol–water partition coefficient (Wildman–Crippen LogP) is 3.88. The van der Waals surface area contributed by atoms with Gasteiger partial charge >= 0.3 is 0 Å². The van der Waals surface area contributed by atoms with Crippen molar-refractivity contribution in [2.45, 2.75) is 37.8 Å². The molecule has 0 radical (unpaired) electrons. The van der Waals surface area contributed by atoms with E-state index in [1.807, 2.05) is 36.2 Å². The Labute approximate surface area is 177 Å². The summed E-state index contributed by atoms with van der Waals surface area (Å²) in [7, 11) is 3.61. The number of likely N-dealkylation sites (tertiary alicyclic amines) is 1. The van der Waals surface area contributed by atoms with Gasteiger partial charge in [0.05, 0.1) is 7.11 Å². The summed E-state index contributed by atoms with van der Waals surface area (Å²) in [6.07, 6.45) is 4.46. The minimum absolute atomic E-state index is 0.0618. The fraction of sp³-hybridized carbons (Fsp3) is 0.400. The van der Waals surface area contributed by atoms with Gasteiger partial charge in [-0.2, -0.15) is 0 Å². The van der Waals surface area contributed by atoms with Crippen LogP contribution in [-0.2, 0) is 12.8 Å². The average molecular weight is 404 g/mol. The van der Waals surface area contributed by atoms with Crippen molar-refractivity contribution >= 4 is 16.8 Å². The molecule has 1 unspecified atom stereocenters. The molecule has 5 nitrogen and oxygen atoms in total. The van der Waals surface area contributed by atoms with Crippen LogP contribution in [0.1, 0.15) is 34.5 Å². The molecule has 2 heterocycles. The van der Waals surface area contributed by atoms with Crippen LogP contribution in [-0.4, -0.2) is 60.0 Å². The van der Waals surface area contributed by atoms with Gasteiger partial charge in [-0.05, 0) is 67.6 Å². The number of carbonyl (C=O) groups excluding carboxylic acids is 1. The molecule has 1 saturated heterocycles. The average Bonchev–Trinajstić information content (AvgIpc) is 3.41. The number of ether oxygens (including phenoxy) is 1. The number of likely N-dealkylation sites (N-methyl/N-ethyl adjacent to an activating group) is 1. The van der Waals surface area contributed by atoms with Crippen LogP contribution in [0.2, 0.25) is 0 Å². The first kappa shape index (κ1) is 19.2. The quantitative estimate of drug-likeness (QED) is 0.719. The van der Waals surface area contributed by atoms with Gasteiger partial charge < -0.3 is 14.6 Å². The standard InChI is InChI=1S/C25H29N3O2/c1-27(25(29)24-15-19-14-22(30-2)9-10-23(19)26-24)20-8-5-11-28(16-20)21-12-17-6-3-4-7-18(17)13-21/h3-4,6-7,9-10,14-15,20-21,26H,5,8,11-13,16H2,1-2H3.